The molecule has 1 aliphatic rings. The standard InChI is InChI=1S/C13H16N4O3S/c1-16-10-8-14-13(21(2)19)15-12(10)9(7-11(16)18)17-3-5-20-6-4-17/h7-8H,3-6H2,1-2H3. The molecule has 0 bridgehead atoms. The number of aromatic nitrogens is 3. The number of fused-ring (bicyclic) bond motifs is 1. The summed E-state index contributed by atoms with van der Waals surface area (Å²) in [5, 5.41) is 0.274. The zero-order valence-corrected chi connectivity index (χ0v) is 12.7. The number of hydrogen-bond acceptors (Lipinski definition) is 6. The lowest BCUT2D eigenvalue weighted by Gasteiger charge is -2.29. The molecular formula is C13H16N4O3S. The summed E-state index contributed by atoms with van der Waals surface area (Å²) in [6.45, 7) is 2.65. The molecule has 8 heteroatoms. The molecule has 0 spiro atoms. The molecule has 1 atom stereocenters. The lowest BCUT2D eigenvalue weighted by molar-refractivity contribution is 0.123. The van der Waals surface area contributed by atoms with Crippen molar-refractivity contribution in [1.29, 1.82) is 0 Å². The van der Waals surface area contributed by atoms with Crippen molar-refractivity contribution in [3.05, 3.63) is 22.6 Å². The van der Waals surface area contributed by atoms with Crippen LogP contribution in [0, 0.1) is 0 Å². The molecule has 1 fully saturated rings. The van der Waals surface area contributed by atoms with E-state index in [0.29, 0.717) is 37.3 Å². The fourth-order valence-corrected chi connectivity index (χ4v) is 2.80. The number of rotatable bonds is 2. The molecule has 1 saturated heterocycles. The zero-order chi connectivity index (χ0) is 15.0. The van der Waals surface area contributed by atoms with Crippen molar-refractivity contribution >= 4 is 27.9 Å². The molecule has 2 aromatic heterocycles. The van der Waals surface area contributed by atoms with Crippen molar-refractivity contribution < 1.29 is 9.29 Å². The molecule has 2 aromatic rings. The van der Waals surface area contributed by atoms with Crippen molar-refractivity contribution in [1.82, 2.24) is 14.5 Å². The van der Waals surface area contributed by atoms with Crippen LogP contribution in [0.4, 0.5) is 5.69 Å². The van der Waals surface area contributed by atoms with Crippen LogP contribution < -0.4 is 10.5 Å². The van der Waals surface area contributed by atoms with E-state index in [4.69, 9.17) is 4.74 Å². The minimum Gasteiger partial charge on any atom is -0.609 e. The van der Waals surface area contributed by atoms with Gasteiger partial charge in [0.2, 0.25) is 0 Å². The number of anilines is 1. The van der Waals surface area contributed by atoms with Gasteiger partial charge in [-0.1, -0.05) is 0 Å². The third-order valence-corrected chi connectivity index (χ3v) is 4.26. The first-order valence-corrected chi connectivity index (χ1v) is 8.16. The third-order valence-electron chi connectivity index (χ3n) is 3.55. The van der Waals surface area contributed by atoms with Gasteiger partial charge in [-0.15, -0.1) is 0 Å². The predicted molar refractivity (Wildman–Crippen MR) is 80.1 cm³/mol. The van der Waals surface area contributed by atoms with Crippen LogP contribution in [0.1, 0.15) is 0 Å². The van der Waals surface area contributed by atoms with E-state index in [9.17, 15) is 9.35 Å². The van der Waals surface area contributed by atoms with Crippen LogP contribution >= 0.6 is 0 Å². The molecule has 0 aliphatic carbocycles. The molecule has 0 N–H and O–H groups in total. The average molecular weight is 308 g/mol. The van der Waals surface area contributed by atoms with Crippen LogP contribution in [0.25, 0.3) is 11.0 Å². The van der Waals surface area contributed by atoms with Crippen LogP contribution in [0.15, 0.2) is 22.2 Å². The second kappa shape index (κ2) is 5.63. The number of ether oxygens (including phenoxy) is 1. The first-order chi connectivity index (χ1) is 10.1. The fraction of sp³-hybridized carbons (Fsp3) is 0.462. The second-order valence-electron chi connectivity index (χ2n) is 4.87. The predicted octanol–water partition coefficient (Wildman–Crippen LogP) is -0.0975. The lowest BCUT2D eigenvalue weighted by Crippen LogP contribution is -2.37. The van der Waals surface area contributed by atoms with E-state index in [2.05, 4.69) is 14.9 Å². The summed E-state index contributed by atoms with van der Waals surface area (Å²) >= 11 is -1.26. The van der Waals surface area contributed by atoms with Gasteiger partial charge in [-0.2, -0.15) is 9.97 Å². The summed E-state index contributed by atoms with van der Waals surface area (Å²) in [6, 6.07) is 1.57. The molecule has 1 unspecified atom stereocenters. The number of nitrogens with zero attached hydrogens (tertiary/aromatic N) is 4. The number of hydrogen-bond donors (Lipinski definition) is 0. The smallest absolute Gasteiger partial charge is 0.343 e. The number of aryl methyl sites for hydroxylation is 1. The molecule has 0 radical (unpaired) electrons. The van der Waals surface area contributed by atoms with Gasteiger partial charge < -0.3 is 18.8 Å². The molecule has 0 amide bonds. The minimum atomic E-state index is -1.26. The minimum absolute atomic E-state index is 0.113. The van der Waals surface area contributed by atoms with E-state index in [1.807, 2.05) is 0 Å². The highest BCUT2D eigenvalue weighted by atomic mass is 32.2. The van der Waals surface area contributed by atoms with Crippen molar-refractivity contribution in [2.45, 2.75) is 5.16 Å². The summed E-state index contributed by atoms with van der Waals surface area (Å²) in [6.07, 6.45) is 3.10. The third kappa shape index (κ3) is 2.61. The molecule has 112 valence electrons. The first kappa shape index (κ1) is 14.3. The van der Waals surface area contributed by atoms with Crippen LogP contribution in [-0.4, -0.2) is 51.6 Å². The summed E-state index contributed by atoms with van der Waals surface area (Å²) in [4.78, 5) is 22.7. The molecule has 3 heterocycles. The molecule has 7 nitrogen and oxygen atoms in total. The van der Waals surface area contributed by atoms with E-state index in [0.717, 1.165) is 5.69 Å². The van der Waals surface area contributed by atoms with E-state index in [1.54, 1.807) is 19.3 Å². The van der Waals surface area contributed by atoms with E-state index in [-0.39, 0.29) is 10.7 Å². The van der Waals surface area contributed by atoms with Gasteiger partial charge in [0.05, 0.1) is 30.6 Å². The van der Waals surface area contributed by atoms with Gasteiger partial charge in [0.15, 0.2) is 0 Å². The topological polar surface area (TPSA) is 83.3 Å². The van der Waals surface area contributed by atoms with Crippen molar-refractivity contribution in [3.63, 3.8) is 0 Å². The Hall–Kier alpha value is -1.64. The van der Waals surface area contributed by atoms with Gasteiger partial charge in [0, 0.05) is 37.4 Å². The highest BCUT2D eigenvalue weighted by Gasteiger charge is 2.19. The average Bonchev–Trinajstić information content (AvgIpc) is 2.51. The van der Waals surface area contributed by atoms with E-state index < -0.39 is 11.2 Å². The van der Waals surface area contributed by atoms with Crippen LogP contribution in [0.3, 0.4) is 0 Å². The van der Waals surface area contributed by atoms with Crippen molar-refractivity contribution in [2.75, 3.05) is 37.5 Å². The summed E-state index contributed by atoms with van der Waals surface area (Å²) in [5.41, 5.74) is 1.93. The van der Waals surface area contributed by atoms with E-state index in [1.165, 1.54) is 10.8 Å². The Kier molecular flexibility index (Phi) is 3.83. The highest BCUT2D eigenvalue weighted by Crippen LogP contribution is 2.24. The van der Waals surface area contributed by atoms with Gasteiger partial charge in [0.1, 0.15) is 11.8 Å². The van der Waals surface area contributed by atoms with Gasteiger partial charge >= 0.3 is 5.16 Å². The Labute approximate surface area is 124 Å². The maximum atomic E-state index is 12.1. The Morgan fingerprint density at radius 2 is 2.10 bits per heavy atom. The second-order valence-corrected chi connectivity index (χ2v) is 6.14. The molecule has 0 aromatic carbocycles. The SMILES string of the molecule is Cn1c(=O)cc(N2CCOCC2)c2nc([S+](C)[O-])ncc21. The van der Waals surface area contributed by atoms with Crippen LogP contribution in [-0.2, 0) is 23.0 Å². The van der Waals surface area contributed by atoms with Gasteiger partial charge in [-0.05, 0) is 0 Å². The monoisotopic (exact) mass is 308 g/mol. The van der Waals surface area contributed by atoms with Crippen molar-refractivity contribution in [2.24, 2.45) is 7.05 Å². The Morgan fingerprint density at radius 1 is 1.38 bits per heavy atom. The first-order valence-electron chi connectivity index (χ1n) is 6.61. The maximum absolute atomic E-state index is 12.1. The number of morpholine rings is 1. The normalized spacial score (nSPS) is 17.2. The summed E-state index contributed by atoms with van der Waals surface area (Å²) in [7, 11) is 1.68. The number of pyridine rings is 1. The molecule has 21 heavy (non-hydrogen) atoms. The molecule has 3 rings (SSSR count). The van der Waals surface area contributed by atoms with Crippen molar-refractivity contribution in [3.8, 4) is 0 Å². The Bertz CT molecular complexity index is 725. The van der Waals surface area contributed by atoms with Gasteiger partial charge in [0.25, 0.3) is 5.56 Å². The molecular weight excluding hydrogens is 292 g/mol. The quantitative estimate of drug-likeness (QED) is 0.569. The maximum Gasteiger partial charge on any atom is 0.343 e. The Balaban J connectivity index is 2.23. The zero-order valence-electron chi connectivity index (χ0n) is 11.9. The van der Waals surface area contributed by atoms with E-state index >= 15 is 0 Å². The Morgan fingerprint density at radius 3 is 2.76 bits per heavy atom. The highest BCUT2D eigenvalue weighted by molar-refractivity contribution is 7.90. The van der Waals surface area contributed by atoms with Crippen LogP contribution in [0.2, 0.25) is 0 Å². The summed E-state index contributed by atoms with van der Waals surface area (Å²) < 4.78 is 18.5. The lowest BCUT2D eigenvalue weighted by atomic mass is 10.2. The van der Waals surface area contributed by atoms with Gasteiger partial charge in [-0.3, -0.25) is 4.79 Å². The summed E-state index contributed by atoms with van der Waals surface area (Å²) in [5.74, 6) is 0. The van der Waals surface area contributed by atoms with Crippen LogP contribution in [0.5, 0.6) is 0 Å². The van der Waals surface area contributed by atoms with Gasteiger partial charge in [-0.25, -0.2) is 0 Å². The molecule has 0 saturated carbocycles. The molecule has 1 aliphatic heterocycles. The largest absolute Gasteiger partial charge is 0.609 e. The fourth-order valence-electron chi connectivity index (χ4n) is 2.38.